The number of carbonyl (C=O) groups excluding carboxylic acids is 2. The van der Waals surface area contributed by atoms with Crippen molar-refractivity contribution in [2.75, 3.05) is 31.6 Å². The summed E-state index contributed by atoms with van der Waals surface area (Å²) in [6, 6.07) is 7.14. The average molecular weight is 349 g/mol. The summed E-state index contributed by atoms with van der Waals surface area (Å²) in [4.78, 5) is 25.6. The molecule has 1 aliphatic rings. The van der Waals surface area contributed by atoms with E-state index in [9.17, 15) is 9.59 Å². The van der Waals surface area contributed by atoms with E-state index in [0.29, 0.717) is 19.8 Å². The Bertz CT molecular complexity index is 573. The summed E-state index contributed by atoms with van der Waals surface area (Å²) in [6.45, 7) is 8.22. The van der Waals surface area contributed by atoms with Crippen LogP contribution in [0, 0.1) is 5.92 Å². The summed E-state index contributed by atoms with van der Waals surface area (Å²) in [6.07, 6.45) is 1.77. The Hall–Kier alpha value is -2.08. The zero-order chi connectivity index (χ0) is 18.2. The van der Waals surface area contributed by atoms with E-state index in [4.69, 9.17) is 9.47 Å². The number of piperidine rings is 1. The molecule has 1 fully saturated rings. The molecule has 1 aromatic rings. The minimum absolute atomic E-state index is 0.0383. The molecule has 1 heterocycles. The Morgan fingerprint density at radius 2 is 1.96 bits per heavy atom. The van der Waals surface area contributed by atoms with E-state index in [0.717, 1.165) is 35.7 Å². The van der Waals surface area contributed by atoms with E-state index in [-0.39, 0.29) is 23.8 Å². The van der Waals surface area contributed by atoms with Crippen molar-refractivity contribution < 1.29 is 24.0 Å². The molecule has 0 saturated carbocycles. The van der Waals surface area contributed by atoms with Gasteiger partial charge in [-0.15, -0.1) is 0 Å². The van der Waals surface area contributed by atoms with Crippen LogP contribution in [0.2, 0.25) is 0 Å². The quantitative estimate of drug-likeness (QED) is 0.728. The highest BCUT2D eigenvalue weighted by atomic mass is 16.5. The molecule has 6 nitrogen and oxygen atoms in total. The average Bonchev–Trinajstić information content (AvgIpc) is 2.63. The van der Waals surface area contributed by atoms with Gasteiger partial charge in [0.25, 0.3) is 5.91 Å². The third-order valence-corrected chi connectivity index (χ3v) is 4.62. The predicted octanol–water partition coefficient (Wildman–Crippen LogP) is 1.27. The molecular weight excluding hydrogens is 320 g/mol. The topological polar surface area (TPSA) is 69.1 Å². The lowest BCUT2D eigenvalue weighted by atomic mass is 9.97. The molecule has 1 amide bonds. The third-order valence-electron chi connectivity index (χ3n) is 4.62. The smallest absolute Gasteiger partial charge is 0.314 e. The molecule has 2 rings (SSSR count). The predicted molar refractivity (Wildman–Crippen MR) is 95.8 cm³/mol. The first-order valence-corrected chi connectivity index (χ1v) is 9.10. The number of esters is 1. The number of benzene rings is 1. The number of amides is 1. The molecule has 138 valence electrons. The molecule has 2 N–H and O–H groups in total. The van der Waals surface area contributed by atoms with Crippen molar-refractivity contribution in [3.63, 3.8) is 0 Å². The molecule has 1 aromatic carbocycles. The number of likely N-dealkylation sites (tertiary alicyclic amines) is 1. The van der Waals surface area contributed by atoms with Gasteiger partial charge in [-0.25, -0.2) is 0 Å². The van der Waals surface area contributed by atoms with Gasteiger partial charge in [0.1, 0.15) is 11.7 Å². The van der Waals surface area contributed by atoms with Crippen LogP contribution in [0.5, 0.6) is 5.75 Å². The van der Waals surface area contributed by atoms with E-state index in [1.165, 1.54) is 0 Å². The summed E-state index contributed by atoms with van der Waals surface area (Å²) < 4.78 is 10.5. The first-order valence-electron chi connectivity index (χ1n) is 9.10. The van der Waals surface area contributed by atoms with Gasteiger partial charge < -0.3 is 19.7 Å². The molecule has 1 saturated heterocycles. The van der Waals surface area contributed by atoms with Crippen molar-refractivity contribution in [3.8, 4) is 5.75 Å². The molecule has 0 spiro atoms. The maximum Gasteiger partial charge on any atom is 0.314 e. The first kappa shape index (κ1) is 19.2. The van der Waals surface area contributed by atoms with Gasteiger partial charge in [-0.05, 0) is 57.9 Å². The van der Waals surface area contributed by atoms with Crippen LogP contribution in [-0.4, -0.2) is 44.2 Å². The van der Waals surface area contributed by atoms with E-state index in [1.54, 1.807) is 0 Å². The number of carbonyl (C=O) groups is 2. The number of hydrogen-bond acceptors (Lipinski definition) is 4. The number of hydrogen-bond donors (Lipinski definition) is 2. The Kier molecular flexibility index (Phi) is 7.25. The Balaban J connectivity index is 1.91. The Morgan fingerprint density at radius 3 is 2.60 bits per heavy atom. The molecule has 0 aliphatic carbocycles. The second-order valence-corrected chi connectivity index (χ2v) is 6.37. The van der Waals surface area contributed by atoms with Crippen molar-refractivity contribution >= 4 is 17.6 Å². The fourth-order valence-electron chi connectivity index (χ4n) is 3.19. The van der Waals surface area contributed by atoms with Crippen molar-refractivity contribution in [1.82, 2.24) is 0 Å². The molecule has 1 aliphatic heterocycles. The largest absolute Gasteiger partial charge is 0.494 e. The second-order valence-electron chi connectivity index (χ2n) is 6.37. The SMILES string of the molecule is CCOC(=O)[C@H]1CCC[NH+]([C@@H](C)C(=O)Nc2ccc(OCC)cc2)C1. The lowest BCUT2D eigenvalue weighted by molar-refractivity contribution is -0.921. The van der Waals surface area contributed by atoms with Crippen molar-refractivity contribution in [3.05, 3.63) is 24.3 Å². The van der Waals surface area contributed by atoms with Gasteiger partial charge in [0.15, 0.2) is 6.04 Å². The Labute approximate surface area is 149 Å². The summed E-state index contributed by atoms with van der Waals surface area (Å²) >= 11 is 0. The Morgan fingerprint density at radius 1 is 1.24 bits per heavy atom. The van der Waals surface area contributed by atoms with Crippen LogP contribution in [0.25, 0.3) is 0 Å². The fraction of sp³-hybridized carbons (Fsp3) is 0.579. The van der Waals surface area contributed by atoms with Gasteiger partial charge in [-0.2, -0.15) is 0 Å². The van der Waals surface area contributed by atoms with Crippen molar-refractivity contribution in [1.29, 1.82) is 0 Å². The maximum absolute atomic E-state index is 12.5. The van der Waals surface area contributed by atoms with Crippen LogP contribution in [0.15, 0.2) is 24.3 Å². The van der Waals surface area contributed by atoms with Gasteiger partial charge in [0.2, 0.25) is 0 Å². The summed E-state index contributed by atoms with van der Waals surface area (Å²) in [5, 5.41) is 2.95. The van der Waals surface area contributed by atoms with E-state index < -0.39 is 0 Å². The summed E-state index contributed by atoms with van der Waals surface area (Å²) in [5.74, 6) is 0.499. The van der Waals surface area contributed by atoms with Crippen LogP contribution in [0.4, 0.5) is 5.69 Å². The standard InChI is InChI=1S/C19H28N2O4/c1-4-24-17-10-8-16(9-11-17)20-18(22)14(3)21-12-6-7-15(13-21)19(23)25-5-2/h8-11,14-15H,4-7,12-13H2,1-3H3,(H,20,22)/p+1/t14-,15-/m0/s1. The van der Waals surface area contributed by atoms with Crippen molar-refractivity contribution in [2.24, 2.45) is 5.92 Å². The van der Waals surface area contributed by atoms with Crippen molar-refractivity contribution in [2.45, 2.75) is 39.7 Å². The lowest BCUT2D eigenvalue weighted by Gasteiger charge is -2.32. The molecule has 25 heavy (non-hydrogen) atoms. The monoisotopic (exact) mass is 349 g/mol. The third kappa shape index (κ3) is 5.46. The minimum atomic E-state index is -0.219. The van der Waals surface area contributed by atoms with Gasteiger partial charge in [-0.1, -0.05) is 0 Å². The summed E-state index contributed by atoms with van der Waals surface area (Å²) in [7, 11) is 0. The van der Waals surface area contributed by atoms with Crippen LogP contribution < -0.4 is 15.0 Å². The minimum Gasteiger partial charge on any atom is -0.494 e. The maximum atomic E-state index is 12.5. The number of quaternary nitrogens is 1. The molecule has 6 heteroatoms. The number of nitrogens with one attached hydrogen (secondary N) is 2. The fourth-order valence-corrected chi connectivity index (χ4v) is 3.19. The van der Waals surface area contributed by atoms with E-state index in [1.807, 2.05) is 45.0 Å². The highest BCUT2D eigenvalue weighted by Gasteiger charge is 2.34. The van der Waals surface area contributed by atoms with Crippen LogP contribution >= 0.6 is 0 Å². The normalized spacial score (nSPS) is 21.2. The van der Waals surface area contributed by atoms with Crippen LogP contribution in [0.1, 0.15) is 33.6 Å². The molecule has 1 unspecified atom stereocenters. The zero-order valence-corrected chi connectivity index (χ0v) is 15.3. The molecule has 0 bridgehead atoms. The second kappa shape index (κ2) is 9.42. The number of rotatable bonds is 7. The van der Waals surface area contributed by atoms with Gasteiger partial charge in [0, 0.05) is 5.69 Å². The van der Waals surface area contributed by atoms with Crippen LogP contribution in [-0.2, 0) is 14.3 Å². The molecule has 0 radical (unpaired) electrons. The number of ether oxygens (including phenoxy) is 2. The van der Waals surface area contributed by atoms with E-state index in [2.05, 4.69) is 5.32 Å². The number of anilines is 1. The molecule has 3 atom stereocenters. The molecule has 0 aromatic heterocycles. The summed E-state index contributed by atoms with van der Waals surface area (Å²) in [5.41, 5.74) is 0.749. The van der Waals surface area contributed by atoms with Gasteiger partial charge in [-0.3, -0.25) is 9.59 Å². The first-order chi connectivity index (χ1) is 12.0. The van der Waals surface area contributed by atoms with Crippen LogP contribution in [0.3, 0.4) is 0 Å². The van der Waals surface area contributed by atoms with Gasteiger partial charge >= 0.3 is 5.97 Å². The molecular formula is C19H29N2O4+. The van der Waals surface area contributed by atoms with E-state index >= 15 is 0 Å². The lowest BCUT2D eigenvalue weighted by Crippen LogP contribution is -3.18. The van der Waals surface area contributed by atoms with Gasteiger partial charge in [0.05, 0.1) is 26.3 Å². The highest BCUT2D eigenvalue weighted by molar-refractivity contribution is 5.93. The zero-order valence-electron chi connectivity index (χ0n) is 15.3. The highest BCUT2D eigenvalue weighted by Crippen LogP contribution is 2.16.